The highest BCUT2D eigenvalue weighted by atomic mass is 19.1. The van der Waals surface area contributed by atoms with Crippen molar-refractivity contribution < 1.29 is 18.7 Å². The van der Waals surface area contributed by atoms with Gasteiger partial charge < -0.3 is 14.4 Å². The summed E-state index contributed by atoms with van der Waals surface area (Å²) in [6.07, 6.45) is 1.03. The van der Waals surface area contributed by atoms with Crippen LogP contribution in [0, 0.1) is 5.82 Å². The number of ether oxygens (including phenoxy) is 2. The number of carbonyl (C=O) groups excluding carboxylic acids is 1. The van der Waals surface area contributed by atoms with Gasteiger partial charge in [-0.2, -0.15) is 0 Å². The van der Waals surface area contributed by atoms with Crippen molar-refractivity contribution in [3.05, 3.63) is 35.6 Å². The smallest absolute Gasteiger partial charge is 0.410 e. The molecule has 0 unspecified atom stereocenters. The summed E-state index contributed by atoms with van der Waals surface area (Å²) in [6, 6.07) is 6.39. The molecule has 1 fully saturated rings. The third-order valence-electron chi connectivity index (χ3n) is 3.98. The molecule has 0 aromatic heterocycles. The molecule has 0 atom stereocenters. The third kappa shape index (κ3) is 3.77. The Bertz CT molecular complexity index is 514. The number of hydrogen-bond acceptors (Lipinski definition) is 3. The van der Waals surface area contributed by atoms with Gasteiger partial charge in [0, 0.05) is 20.2 Å². The summed E-state index contributed by atoms with van der Waals surface area (Å²) in [5.74, 6) is -0.263. The molecular formula is C17H24FNO3. The molecule has 0 aliphatic carbocycles. The predicted octanol–water partition coefficient (Wildman–Crippen LogP) is 3.70. The molecule has 0 N–H and O–H groups in total. The summed E-state index contributed by atoms with van der Waals surface area (Å²) in [4.78, 5) is 13.8. The number of amides is 1. The number of methoxy groups -OCH3 is 1. The van der Waals surface area contributed by atoms with E-state index < -0.39 is 11.2 Å². The van der Waals surface area contributed by atoms with E-state index in [0.29, 0.717) is 25.9 Å². The highest BCUT2D eigenvalue weighted by Gasteiger charge is 2.38. The summed E-state index contributed by atoms with van der Waals surface area (Å²) < 4.78 is 24.2. The average molecular weight is 309 g/mol. The standard InChI is InChI=1S/C17H24FNO3/c1-16(2,3)22-15(20)19-11-9-17(21-4,10-12-19)13-5-7-14(18)8-6-13/h5-8H,9-12H2,1-4H3. The SMILES string of the molecule is COC1(c2ccc(F)cc2)CCN(C(=O)OC(C)(C)C)CC1. The predicted molar refractivity (Wildman–Crippen MR) is 82.1 cm³/mol. The molecule has 1 heterocycles. The number of hydrogen-bond donors (Lipinski definition) is 0. The second kappa shape index (κ2) is 6.24. The zero-order chi connectivity index (χ0) is 16.4. The Morgan fingerprint density at radius 2 is 1.73 bits per heavy atom. The van der Waals surface area contributed by atoms with E-state index in [4.69, 9.17) is 9.47 Å². The van der Waals surface area contributed by atoms with Gasteiger partial charge in [-0.05, 0) is 51.3 Å². The first kappa shape index (κ1) is 16.7. The number of nitrogens with zero attached hydrogens (tertiary/aromatic N) is 1. The van der Waals surface area contributed by atoms with Crippen LogP contribution in [0.1, 0.15) is 39.2 Å². The Morgan fingerprint density at radius 3 is 2.18 bits per heavy atom. The lowest BCUT2D eigenvalue weighted by Gasteiger charge is -2.41. The normalized spacial score (nSPS) is 18.1. The van der Waals surface area contributed by atoms with Gasteiger partial charge in [-0.15, -0.1) is 0 Å². The van der Waals surface area contributed by atoms with Crippen molar-refractivity contribution in [1.82, 2.24) is 4.90 Å². The van der Waals surface area contributed by atoms with Crippen LogP contribution >= 0.6 is 0 Å². The van der Waals surface area contributed by atoms with E-state index >= 15 is 0 Å². The second-order valence-corrected chi connectivity index (χ2v) is 6.67. The largest absolute Gasteiger partial charge is 0.444 e. The number of piperidine rings is 1. The van der Waals surface area contributed by atoms with Crippen LogP contribution in [0.3, 0.4) is 0 Å². The third-order valence-corrected chi connectivity index (χ3v) is 3.98. The Labute approximate surface area is 131 Å². The van der Waals surface area contributed by atoms with Crippen LogP contribution in [0.5, 0.6) is 0 Å². The first-order chi connectivity index (χ1) is 10.3. The Hall–Kier alpha value is -1.62. The molecule has 1 saturated heterocycles. The summed E-state index contributed by atoms with van der Waals surface area (Å²) in [7, 11) is 1.66. The van der Waals surface area contributed by atoms with Gasteiger partial charge >= 0.3 is 6.09 Å². The van der Waals surface area contributed by atoms with Crippen molar-refractivity contribution in [2.75, 3.05) is 20.2 Å². The van der Waals surface area contributed by atoms with Crippen molar-refractivity contribution in [3.63, 3.8) is 0 Å². The Morgan fingerprint density at radius 1 is 1.18 bits per heavy atom. The fraction of sp³-hybridized carbons (Fsp3) is 0.588. The summed E-state index contributed by atoms with van der Waals surface area (Å²) >= 11 is 0. The molecule has 122 valence electrons. The molecule has 5 heteroatoms. The Kier molecular flexibility index (Phi) is 4.75. The fourth-order valence-corrected chi connectivity index (χ4v) is 2.74. The number of halogens is 1. The quantitative estimate of drug-likeness (QED) is 0.836. The summed E-state index contributed by atoms with van der Waals surface area (Å²) in [5, 5.41) is 0. The van der Waals surface area contributed by atoms with Gasteiger partial charge in [-0.1, -0.05) is 12.1 Å². The molecule has 2 rings (SSSR count). The molecule has 0 bridgehead atoms. The van der Waals surface area contributed by atoms with Gasteiger partial charge in [0.2, 0.25) is 0 Å². The number of carbonyl (C=O) groups is 1. The zero-order valence-electron chi connectivity index (χ0n) is 13.7. The van der Waals surface area contributed by atoms with Crippen molar-refractivity contribution in [2.24, 2.45) is 0 Å². The van der Waals surface area contributed by atoms with E-state index in [9.17, 15) is 9.18 Å². The van der Waals surface area contributed by atoms with Crippen molar-refractivity contribution >= 4 is 6.09 Å². The molecular weight excluding hydrogens is 285 g/mol. The van der Waals surface area contributed by atoms with Gasteiger partial charge in [0.1, 0.15) is 11.4 Å². The minimum Gasteiger partial charge on any atom is -0.444 e. The molecule has 22 heavy (non-hydrogen) atoms. The van der Waals surface area contributed by atoms with Gasteiger partial charge in [0.15, 0.2) is 0 Å². The van der Waals surface area contributed by atoms with E-state index in [0.717, 1.165) is 5.56 Å². The molecule has 1 aliphatic heterocycles. The molecule has 4 nitrogen and oxygen atoms in total. The molecule has 1 aromatic carbocycles. The van der Waals surface area contributed by atoms with E-state index in [1.54, 1.807) is 24.1 Å². The van der Waals surface area contributed by atoms with Crippen LogP contribution in [0.15, 0.2) is 24.3 Å². The van der Waals surface area contributed by atoms with Crippen molar-refractivity contribution in [3.8, 4) is 0 Å². The van der Waals surface area contributed by atoms with E-state index in [1.165, 1.54) is 12.1 Å². The molecule has 1 aliphatic rings. The fourth-order valence-electron chi connectivity index (χ4n) is 2.74. The van der Waals surface area contributed by atoms with Crippen LogP contribution in [-0.4, -0.2) is 36.8 Å². The number of benzene rings is 1. The van der Waals surface area contributed by atoms with Gasteiger partial charge in [-0.3, -0.25) is 0 Å². The van der Waals surface area contributed by atoms with Gasteiger partial charge in [0.25, 0.3) is 0 Å². The van der Waals surface area contributed by atoms with E-state index in [1.807, 2.05) is 20.8 Å². The first-order valence-corrected chi connectivity index (χ1v) is 7.55. The van der Waals surface area contributed by atoms with Crippen LogP contribution in [-0.2, 0) is 15.1 Å². The van der Waals surface area contributed by atoms with E-state index in [-0.39, 0.29) is 11.9 Å². The minimum atomic E-state index is -0.496. The minimum absolute atomic E-state index is 0.263. The maximum Gasteiger partial charge on any atom is 0.410 e. The molecule has 1 aromatic rings. The van der Waals surface area contributed by atoms with Gasteiger partial charge in [0.05, 0.1) is 5.60 Å². The van der Waals surface area contributed by atoms with Crippen LogP contribution in [0.4, 0.5) is 9.18 Å². The highest BCUT2D eigenvalue weighted by Crippen LogP contribution is 2.36. The van der Waals surface area contributed by atoms with Crippen molar-refractivity contribution in [1.29, 1.82) is 0 Å². The number of likely N-dealkylation sites (tertiary alicyclic amines) is 1. The van der Waals surface area contributed by atoms with Crippen molar-refractivity contribution in [2.45, 2.75) is 44.8 Å². The molecule has 0 radical (unpaired) electrons. The molecule has 0 spiro atoms. The molecule has 0 saturated carbocycles. The van der Waals surface area contributed by atoms with Gasteiger partial charge in [-0.25, -0.2) is 9.18 Å². The average Bonchev–Trinajstić information content (AvgIpc) is 2.46. The topological polar surface area (TPSA) is 38.8 Å². The van der Waals surface area contributed by atoms with E-state index in [2.05, 4.69) is 0 Å². The summed E-state index contributed by atoms with van der Waals surface area (Å²) in [5.41, 5.74) is -0.0176. The maximum atomic E-state index is 13.1. The van der Waals surface area contributed by atoms with Crippen LogP contribution in [0.25, 0.3) is 0 Å². The van der Waals surface area contributed by atoms with Crippen LogP contribution < -0.4 is 0 Å². The lowest BCUT2D eigenvalue weighted by molar-refractivity contribution is -0.0651. The maximum absolute atomic E-state index is 13.1. The van der Waals surface area contributed by atoms with Crippen LogP contribution in [0.2, 0.25) is 0 Å². The highest BCUT2D eigenvalue weighted by molar-refractivity contribution is 5.68. The number of rotatable bonds is 2. The first-order valence-electron chi connectivity index (χ1n) is 7.55. The zero-order valence-corrected chi connectivity index (χ0v) is 13.7. The monoisotopic (exact) mass is 309 g/mol. The lowest BCUT2D eigenvalue weighted by Crippen LogP contribution is -2.47. The Balaban J connectivity index is 2.05. The molecule has 1 amide bonds. The second-order valence-electron chi connectivity index (χ2n) is 6.67. The lowest BCUT2D eigenvalue weighted by atomic mass is 9.84. The summed E-state index contributed by atoms with van der Waals surface area (Å²) in [6.45, 7) is 6.67.